The van der Waals surface area contributed by atoms with Crippen molar-refractivity contribution in [1.82, 2.24) is 14.9 Å². The molecule has 2 aromatic carbocycles. The quantitative estimate of drug-likeness (QED) is 0.480. The fourth-order valence-electron chi connectivity index (χ4n) is 5.47. The van der Waals surface area contributed by atoms with Crippen molar-refractivity contribution in [1.29, 1.82) is 0 Å². The van der Waals surface area contributed by atoms with E-state index in [0.717, 1.165) is 52.6 Å². The van der Waals surface area contributed by atoms with E-state index >= 15 is 0 Å². The summed E-state index contributed by atoms with van der Waals surface area (Å²) in [6.07, 6.45) is 5.53. The maximum atomic E-state index is 11.5. The van der Waals surface area contributed by atoms with Gasteiger partial charge in [0.1, 0.15) is 5.52 Å². The van der Waals surface area contributed by atoms with Gasteiger partial charge in [0.25, 0.3) is 0 Å². The van der Waals surface area contributed by atoms with Gasteiger partial charge in [0.2, 0.25) is 5.89 Å². The van der Waals surface area contributed by atoms with Gasteiger partial charge in [-0.2, -0.15) is 0 Å². The molecule has 2 aromatic heterocycles. The third kappa shape index (κ3) is 3.08. The number of fused-ring (bicyclic) bond motifs is 5. The minimum atomic E-state index is -0.557. The summed E-state index contributed by atoms with van der Waals surface area (Å²) in [6, 6.07) is 15.9. The Morgan fingerprint density at radius 1 is 1.16 bits per heavy atom. The SMILES string of the molecule is C=C[C@H]1CN2CC[C@H]1C[C@H]2[C@H](O)c1ccnc2ccc(-c3nc4ccccc4o3)cc12. The summed E-state index contributed by atoms with van der Waals surface area (Å²) >= 11 is 0. The zero-order chi connectivity index (χ0) is 20.9. The van der Waals surface area contributed by atoms with Crippen LogP contribution in [0.15, 0.2) is 71.8 Å². The molecule has 3 fully saturated rings. The molecule has 1 unspecified atom stereocenters. The summed E-state index contributed by atoms with van der Waals surface area (Å²) in [5.74, 6) is 1.74. The van der Waals surface area contributed by atoms with E-state index in [0.29, 0.717) is 17.7 Å². The standard InChI is InChI=1S/C26H25N3O2/c1-2-16-15-29-12-10-17(16)14-23(29)25(30)19-9-11-27-21-8-7-18(13-20(19)21)26-28-22-5-3-4-6-24(22)31-26/h2-9,11,13,16-17,23,25,30H,1,10,12,14-15H2/t16-,17-,23-,25+/m0/s1. The monoisotopic (exact) mass is 411 g/mol. The second-order valence-corrected chi connectivity index (χ2v) is 8.81. The van der Waals surface area contributed by atoms with E-state index in [-0.39, 0.29) is 6.04 Å². The topological polar surface area (TPSA) is 62.4 Å². The van der Waals surface area contributed by atoms with Gasteiger partial charge in [-0.3, -0.25) is 9.88 Å². The normalized spacial score (nSPS) is 26.4. The van der Waals surface area contributed by atoms with Crippen molar-refractivity contribution in [2.75, 3.05) is 13.1 Å². The average molecular weight is 412 g/mol. The molecule has 0 amide bonds. The number of para-hydroxylation sites is 2. The molecule has 5 atom stereocenters. The Balaban J connectivity index is 1.39. The van der Waals surface area contributed by atoms with Crippen molar-refractivity contribution >= 4 is 22.0 Å². The molecule has 0 saturated carbocycles. The number of hydrogen-bond acceptors (Lipinski definition) is 5. The van der Waals surface area contributed by atoms with Crippen LogP contribution in [-0.2, 0) is 0 Å². The summed E-state index contributed by atoms with van der Waals surface area (Å²) < 4.78 is 5.97. The number of pyridine rings is 1. The van der Waals surface area contributed by atoms with Gasteiger partial charge in [0.15, 0.2) is 5.58 Å². The summed E-state index contributed by atoms with van der Waals surface area (Å²) in [5, 5.41) is 12.4. The molecule has 4 aromatic rings. The van der Waals surface area contributed by atoms with Crippen molar-refractivity contribution in [3.8, 4) is 11.5 Å². The number of piperidine rings is 3. The molecule has 156 valence electrons. The van der Waals surface area contributed by atoms with E-state index in [2.05, 4.69) is 33.6 Å². The predicted octanol–water partition coefficient (Wildman–Crippen LogP) is 4.97. The smallest absolute Gasteiger partial charge is 0.227 e. The van der Waals surface area contributed by atoms with Crippen molar-refractivity contribution in [2.45, 2.75) is 25.0 Å². The van der Waals surface area contributed by atoms with Crippen LogP contribution in [-0.4, -0.2) is 39.1 Å². The molecule has 5 heterocycles. The summed E-state index contributed by atoms with van der Waals surface area (Å²) in [6.45, 7) is 6.06. The third-order valence-electron chi connectivity index (χ3n) is 7.15. The van der Waals surface area contributed by atoms with Crippen LogP contribution < -0.4 is 0 Å². The van der Waals surface area contributed by atoms with E-state index in [1.807, 2.05) is 42.5 Å². The highest BCUT2D eigenvalue weighted by molar-refractivity contribution is 5.87. The van der Waals surface area contributed by atoms with Gasteiger partial charge in [-0.05, 0) is 73.2 Å². The lowest BCUT2D eigenvalue weighted by atomic mass is 9.73. The number of hydrogen-bond donors (Lipinski definition) is 1. The fraction of sp³-hybridized carbons (Fsp3) is 0.308. The lowest BCUT2D eigenvalue weighted by molar-refractivity contribution is -0.0444. The molecular formula is C26H25N3O2. The number of aliphatic hydroxyl groups is 1. The predicted molar refractivity (Wildman–Crippen MR) is 121 cm³/mol. The molecule has 0 aliphatic carbocycles. The number of benzene rings is 2. The van der Waals surface area contributed by atoms with E-state index in [1.54, 1.807) is 6.20 Å². The molecule has 5 heteroatoms. The Morgan fingerprint density at radius 3 is 2.87 bits per heavy atom. The number of oxazole rings is 1. The summed E-state index contributed by atoms with van der Waals surface area (Å²) in [5.41, 5.74) is 4.30. The van der Waals surface area contributed by atoms with Crippen molar-refractivity contribution in [2.24, 2.45) is 11.8 Å². The van der Waals surface area contributed by atoms with Gasteiger partial charge in [-0.15, -0.1) is 6.58 Å². The number of rotatable bonds is 4. The first kappa shape index (κ1) is 18.7. The molecule has 3 saturated heterocycles. The fourth-order valence-corrected chi connectivity index (χ4v) is 5.47. The van der Waals surface area contributed by atoms with Gasteiger partial charge in [0.05, 0.1) is 11.6 Å². The Hall–Kier alpha value is -3.02. The van der Waals surface area contributed by atoms with Crippen molar-refractivity contribution in [3.63, 3.8) is 0 Å². The van der Waals surface area contributed by atoms with Crippen molar-refractivity contribution in [3.05, 3.63) is 72.9 Å². The summed E-state index contributed by atoms with van der Waals surface area (Å²) in [4.78, 5) is 11.6. The molecule has 3 aliphatic rings. The Labute approximate surface area is 181 Å². The molecule has 0 spiro atoms. The van der Waals surface area contributed by atoms with Crippen LogP contribution in [0.25, 0.3) is 33.5 Å². The minimum Gasteiger partial charge on any atom is -0.436 e. The van der Waals surface area contributed by atoms with E-state index in [9.17, 15) is 5.11 Å². The van der Waals surface area contributed by atoms with E-state index in [4.69, 9.17) is 4.42 Å². The molecule has 0 radical (unpaired) electrons. The molecule has 5 nitrogen and oxygen atoms in total. The van der Waals surface area contributed by atoms with Gasteiger partial charge >= 0.3 is 0 Å². The minimum absolute atomic E-state index is 0.133. The number of aromatic nitrogens is 2. The molecule has 1 N–H and O–H groups in total. The van der Waals surface area contributed by atoms with Crippen LogP contribution in [0.4, 0.5) is 0 Å². The zero-order valence-electron chi connectivity index (χ0n) is 17.3. The Kier molecular flexibility index (Phi) is 4.40. The largest absolute Gasteiger partial charge is 0.436 e. The first-order chi connectivity index (χ1) is 15.2. The molecule has 31 heavy (non-hydrogen) atoms. The zero-order valence-corrected chi connectivity index (χ0v) is 17.3. The molecule has 2 bridgehead atoms. The number of aliphatic hydroxyl groups excluding tert-OH is 1. The second kappa shape index (κ2) is 7.29. The van der Waals surface area contributed by atoms with Gasteiger partial charge in [0, 0.05) is 29.7 Å². The average Bonchev–Trinajstić information content (AvgIpc) is 3.27. The van der Waals surface area contributed by atoms with Crippen LogP contribution in [0.1, 0.15) is 24.5 Å². The van der Waals surface area contributed by atoms with Gasteiger partial charge in [-0.1, -0.05) is 18.2 Å². The van der Waals surface area contributed by atoms with Gasteiger partial charge < -0.3 is 9.52 Å². The van der Waals surface area contributed by atoms with Crippen LogP contribution in [0.2, 0.25) is 0 Å². The first-order valence-electron chi connectivity index (χ1n) is 11.0. The first-order valence-corrected chi connectivity index (χ1v) is 11.0. The maximum Gasteiger partial charge on any atom is 0.227 e. The highest BCUT2D eigenvalue weighted by atomic mass is 16.3. The molecule has 3 aliphatic heterocycles. The molecule has 7 rings (SSSR count). The highest BCUT2D eigenvalue weighted by Gasteiger charge is 2.42. The van der Waals surface area contributed by atoms with Crippen molar-refractivity contribution < 1.29 is 9.52 Å². The highest BCUT2D eigenvalue weighted by Crippen LogP contribution is 2.42. The maximum absolute atomic E-state index is 11.5. The van der Waals surface area contributed by atoms with E-state index in [1.165, 1.54) is 6.42 Å². The Bertz CT molecular complexity index is 1250. The Morgan fingerprint density at radius 2 is 2.06 bits per heavy atom. The third-order valence-corrected chi connectivity index (χ3v) is 7.15. The van der Waals surface area contributed by atoms with Crippen LogP contribution in [0, 0.1) is 11.8 Å². The number of nitrogens with zero attached hydrogens (tertiary/aromatic N) is 3. The van der Waals surface area contributed by atoms with Crippen LogP contribution in [0.3, 0.4) is 0 Å². The van der Waals surface area contributed by atoms with Crippen LogP contribution >= 0.6 is 0 Å². The molecular weight excluding hydrogens is 386 g/mol. The van der Waals surface area contributed by atoms with Gasteiger partial charge in [-0.25, -0.2) is 4.98 Å². The lowest BCUT2D eigenvalue weighted by Crippen LogP contribution is -2.54. The van der Waals surface area contributed by atoms with E-state index < -0.39 is 6.10 Å². The summed E-state index contributed by atoms with van der Waals surface area (Å²) in [7, 11) is 0. The second-order valence-electron chi connectivity index (χ2n) is 8.81. The lowest BCUT2D eigenvalue weighted by Gasteiger charge is -2.50. The van der Waals surface area contributed by atoms with Crippen LogP contribution in [0.5, 0.6) is 0 Å².